The summed E-state index contributed by atoms with van der Waals surface area (Å²) in [6, 6.07) is 18.3. The Labute approximate surface area is 149 Å². The van der Waals surface area contributed by atoms with Crippen molar-refractivity contribution in [2.24, 2.45) is 0 Å². The molecule has 0 saturated carbocycles. The van der Waals surface area contributed by atoms with E-state index in [1.165, 1.54) is 0 Å². The van der Waals surface area contributed by atoms with Gasteiger partial charge < -0.3 is 4.74 Å². The summed E-state index contributed by atoms with van der Waals surface area (Å²) in [5, 5.41) is 0. The summed E-state index contributed by atoms with van der Waals surface area (Å²) in [7, 11) is 0. The van der Waals surface area contributed by atoms with E-state index in [-0.39, 0.29) is 11.9 Å². The third-order valence-corrected chi connectivity index (χ3v) is 5.56. The number of hydrogen-bond acceptors (Lipinski definition) is 3. The van der Waals surface area contributed by atoms with Gasteiger partial charge in [-0.05, 0) is 30.2 Å². The Balaban J connectivity index is 2.06. The molecule has 118 valence electrons. The maximum atomic E-state index is 12.6. The lowest BCUT2D eigenvalue weighted by Gasteiger charge is -2.14. The Morgan fingerprint density at radius 1 is 1.17 bits per heavy atom. The quantitative estimate of drug-likeness (QED) is 0.668. The highest BCUT2D eigenvalue weighted by molar-refractivity contribution is 9.10. The normalized spacial score (nSPS) is 17.4. The van der Waals surface area contributed by atoms with Crippen LogP contribution in [0.1, 0.15) is 24.0 Å². The molecule has 2 nitrogen and oxygen atoms in total. The predicted molar refractivity (Wildman–Crippen MR) is 99.3 cm³/mol. The zero-order valence-corrected chi connectivity index (χ0v) is 15.2. The molecule has 1 heterocycles. The van der Waals surface area contributed by atoms with Gasteiger partial charge >= 0.3 is 5.97 Å². The zero-order chi connectivity index (χ0) is 16.2. The number of benzene rings is 2. The van der Waals surface area contributed by atoms with Gasteiger partial charge in [0.05, 0.1) is 12.2 Å². The summed E-state index contributed by atoms with van der Waals surface area (Å²) in [4.78, 5) is 13.6. The van der Waals surface area contributed by atoms with Crippen molar-refractivity contribution in [3.8, 4) is 0 Å². The molecule has 0 radical (unpaired) electrons. The van der Waals surface area contributed by atoms with Crippen LogP contribution in [0, 0.1) is 0 Å². The summed E-state index contributed by atoms with van der Waals surface area (Å²) in [5.74, 6) is 0.743. The van der Waals surface area contributed by atoms with E-state index < -0.39 is 0 Å². The summed E-state index contributed by atoms with van der Waals surface area (Å²) in [6.45, 7) is 2.24. The van der Waals surface area contributed by atoms with E-state index in [0.29, 0.717) is 6.61 Å². The first-order valence-electron chi connectivity index (χ1n) is 7.55. The molecular weight excluding hydrogens is 372 g/mol. The first-order valence-corrected chi connectivity index (χ1v) is 9.33. The summed E-state index contributed by atoms with van der Waals surface area (Å²) < 4.78 is 6.36. The molecule has 1 aliphatic heterocycles. The largest absolute Gasteiger partial charge is 0.463 e. The van der Waals surface area contributed by atoms with Crippen LogP contribution in [-0.2, 0) is 9.53 Å². The molecule has 23 heavy (non-hydrogen) atoms. The second-order valence-corrected chi connectivity index (χ2v) is 7.19. The first kappa shape index (κ1) is 16.3. The molecule has 2 aromatic carbocycles. The summed E-state index contributed by atoms with van der Waals surface area (Å²) in [6.07, 6.45) is 0. The fraction of sp³-hybridized carbons (Fsp3) is 0.211. The molecule has 1 unspecified atom stereocenters. The van der Waals surface area contributed by atoms with Crippen molar-refractivity contribution in [1.82, 2.24) is 0 Å². The molecule has 1 atom stereocenters. The van der Waals surface area contributed by atoms with Gasteiger partial charge in [0.2, 0.25) is 0 Å². The van der Waals surface area contributed by atoms with Crippen molar-refractivity contribution >= 4 is 38.6 Å². The van der Waals surface area contributed by atoms with Gasteiger partial charge in [0, 0.05) is 21.0 Å². The van der Waals surface area contributed by atoms with Crippen LogP contribution in [0.5, 0.6) is 0 Å². The van der Waals surface area contributed by atoms with Crippen LogP contribution in [0.25, 0.3) is 4.91 Å². The van der Waals surface area contributed by atoms with Crippen LogP contribution in [0.4, 0.5) is 0 Å². The summed E-state index contributed by atoms with van der Waals surface area (Å²) in [5.41, 5.74) is 3.01. The molecular formula is C19H17BrO2S. The van der Waals surface area contributed by atoms with Crippen LogP contribution in [0.3, 0.4) is 0 Å². The fourth-order valence-corrected chi connectivity index (χ4v) is 4.36. The maximum absolute atomic E-state index is 12.6. The second kappa shape index (κ2) is 7.37. The Hall–Kier alpha value is -1.52. The van der Waals surface area contributed by atoms with Crippen molar-refractivity contribution in [3.05, 3.63) is 75.8 Å². The number of esters is 1. The van der Waals surface area contributed by atoms with Gasteiger partial charge in [0.1, 0.15) is 0 Å². The predicted octanol–water partition coefficient (Wildman–Crippen LogP) is 5.25. The number of carbonyl (C=O) groups is 1. The molecule has 0 spiro atoms. The third kappa shape index (κ3) is 3.54. The smallest absolute Gasteiger partial charge is 0.335 e. The Bertz CT molecular complexity index is 723. The minimum atomic E-state index is -0.204. The van der Waals surface area contributed by atoms with Gasteiger partial charge in [-0.15, -0.1) is 11.8 Å². The second-order valence-electron chi connectivity index (χ2n) is 5.24. The van der Waals surface area contributed by atoms with Crippen LogP contribution >= 0.6 is 27.7 Å². The average molecular weight is 389 g/mol. The van der Waals surface area contributed by atoms with Gasteiger partial charge in [-0.1, -0.05) is 58.4 Å². The molecule has 0 amide bonds. The number of halogens is 1. The van der Waals surface area contributed by atoms with E-state index in [4.69, 9.17) is 4.74 Å². The lowest BCUT2D eigenvalue weighted by Crippen LogP contribution is -2.14. The van der Waals surface area contributed by atoms with E-state index in [1.54, 1.807) is 11.8 Å². The standard InChI is InChI=1S/C19H17BrO2S/c1-2-22-19(21)17-16(13-6-4-3-5-7-13)12-23-18(17)14-8-10-15(20)11-9-14/h3-11,16H,2,12H2,1H3. The van der Waals surface area contributed by atoms with Gasteiger partial charge in [0.25, 0.3) is 0 Å². The molecule has 1 aliphatic rings. The van der Waals surface area contributed by atoms with Crippen LogP contribution in [0.15, 0.2) is 64.6 Å². The van der Waals surface area contributed by atoms with Gasteiger partial charge in [-0.2, -0.15) is 0 Å². The molecule has 0 saturated heterocycles. The maximum Gasteiger partial charge on any atom is 0.335 e. The van der Waals surface area contributed by atoms with Crippen molar-refractivity contribution in [1.29, 1.82) is 0 Å². The molecule has 0 aliphatic carbocycles. The minimum Gasteiger partial charge on any atom is -0.463 e. The molecule has 4 heteroatoms. The molecule has 0 fully saturated rings. The van der Waals surface area contributed by atoms with Gasteiger partial charge in [-0.25, -0.2) is 4.79 Å². The van der Waals surface area contributed by atoms with E-state index in [0.717, 1.165) is 31.8 Å². The van der Waals surface area contributed by atoms with Gasteiger partial charge in [0.15, 0.2) is 0 Å². The van der Waals surface area contributed by atoms with E-state index >= 15 is 0 Å². The average Bonchev–Trinajstić information content (AvgIpc) is 3.01. The molecule has 0 bridgehead atoms. The van der Waals surface area contributed by atoms with Crippen LogP contribution in [0.2, 0.25) is 0 Å². The summed E-state index contributed by atoms with van der Waals surface area (Å²) >= 11 is 5.19. The number of thioether (sulfide) groups is 1. The van der Waals surface area contributed by atoms with Gasteiger partial charge in [-0.3, -0.25) is 0 Å². The molecule has 2 aromatic rings. The van der Waals surface area contributed by atoms with E-state index in [2.05, 4.69) is 28.1 Å². The van der Waals surface area contributed by atoms with Crippen molar-refractivity contribution in [2.45, 2.75) is 12.8 Å². The van der Waals surface area contributed by atoms with Crippen LogP contribution < -0.4 is 0 Å². The lowest BCUT2D eigenvalue weighted by molar-refractivity contribution is -0.138. The Morgan fingerprint density at radius 3 is 2.52 bits per heavy atom. The zero-order valence-electron chi connectivity index (χ0n) is 12.8. The number of hydrogen-bond donors (Lipinski definition) is 0. The Kier molecular flexibility index (Phi) is 5.23. The van der Waals surface area contributed by atoms with Crippen molar-refractivity contribution in [2.75, 3.05) is 12.4 Å². The highest BCUT2D eigenvalue weighted by Crippen LogP contribution is 2.47. The molecule has 3 rings (SSSR count). The number of carbonyl (C=O) groups excluding carboxylic acids is 1. The Morgan fingerprint density at radius 2 is 1.87 bits per heavy atom. The topological polar surface area (TPSA) is 26.3 Å². The third-order valence-electron chi connectivity index (χ3n) is 3.79. The lowest BCUT2D eigenvalue weighted by atomic mass is 9.91. The van der Waals surface area contributed by atoms with Crippen molar-refractivity contribution in [3.63, 3.8) is 0 Å². The molecule has 0 aromatic heterocycles. The minimum absolute atomic E-state index is 0.0823. The van der Waals surface area contributed by atoms with E-state index in [1.807, 2.05) is 49.4 Å². The highest BCUT2D eigenvalue weighted by Gasteiger charge is 2.33. The highest BCUT2D eigenvalue weighted by atomic mass is 79.9. The van der Waals surface area contributed by atoms with E-state index in [9.17, 15) is 4.79 Å². The monoisotopic (exact) mass is 388 g/mol. The fourth-order valence-electron chi connectivity index (χ4n) is 2.72. The molecule has 0 N–H and O–H groups in total. The SMILES string of the molecule is CCOC(=O)C1=C(c2ccc(Br)cc2)SCC1c1ccccc1. The van der Waals surface area contributed by atoms with Crippen molar-refractivity contribution < 1.29 is 9.53 Å². The first-order chi connectivity index (χ1) is 11.2. The van der Waals surface area contributed by atoms with Crippen LogP contribution in [-0.4, -0.2) is 18.3 Å². The number of rotatable bonds is 4. The number of ether oxygens (including phenoxy) is 1.